The number of hydrogen-bond acceptors (Lipinski definition) is 2. The van der Waals surface area contributed by atoms with E-state index in [2.05, 4.69) is 0 Å². The van der Waals surface area contributed by atoms with Gasteiger partial charge in [-0.1, -0.05) is 0 Å². The van der Waals surface area contributed by atoms with Gasteiger partial charge in [-0.05, 0) is 6.42 Å². The number of primary amides is 1. The van der Waals surface area contributed by atoms with Gasteiger partial charge in [0.1, 0.15) is 6.42 Å². The van der Waals surface area contributed by atoms with E-state index in [-0.39, 0.29) is 5.91 Å². The van der Waals surface area contributed by atoms with Crippen LogP contribution in [0.15, 0.2) is 0 Å². The minimum Gasteiger partial charge on any atom is -0.369 e. The molecule has 0 saturated carbocycles. The Balaban J connectivity index is 2.27. The zero-order chi connectivity index (χ0) is 7.56. The minimum atomic E-state index is -0.670. The molecule has 0 spiro atoms. The van der Waals surface area contributed by atoms with Crippen LogP contribution in [0.4, 0.5) is 0 Å². The molecular formula is C6H9N2O2. The zero-order valence-electron chi connectivity index (χ0n) is 5.54. The van der Waals surface area contributed by atoms with Crippen LogP contribution in [0.1, 0.15) is 6.42 Å². The molecule has 1 heterocycles. The van der Waals surface area contributed by atoms with Crippen LogP contribution in [0.2, 0.25) is 0 Å². The van der Waals surface area contributed by atoms with Crippen molar-refractivity contribution in [3.05, 3.63) is 6.42 Å². The molecule has 0 aromatic heterocycles. The second-order valence-electron chi connectivity index (χ2n) is 2.23. The average Bonchev–Trinajstić information content (AvgIpc) is 1.55. The van der Waals surface area contributed by atoms with Crippen molar-refractivity contribution in [1.29, 1.82) is 0 Å². The smallest absolute Gasteiger partial charge is 0.236 e. The maximum absolute atomic E-state index is 10.8. The Labute approximate surface area is 59.0 Å². The normalized spacial score (nSPS) is 16.2. The first kappa shape index (κ1) is 7.05. The highest BCUT2D eigenvalue weighted by Gasteiger charge is 2.21. The van der Waals surface area contributed by atoms with Gasteiger partial charge in [-0.3, -0.25) is 9.59 Å². The Hall–Kier alpha value is -1.06. The maximum Gasteiger partial charge on any atom is 0.236 e. The number of carbonyl (C=O) groups is 2. The molecule has 10 heavy (non-hydrogen) atoms. The van der Waals surface area contributed by atoms with E-state index in [0.717, 1.165) is 25.9 Å². The van der Waals surface area contributed by atoms with Gasteiger partial charge >= 0.3 is 0 Å². The third kappa shape index (κ3) is 1.46. The van der Waals surface area contributed by atoms with Crippen LogP contribution in [0.5, 0.6) is 0 Å². The molecule has 0 aliphatic carbocycles. The third-order valence-electron chi connectivity index (χ3n) is 1.43. The van der Waals surface area contributed by atoms with Crippen LogP contribution < -0.4 is 5.73 Å². The van der Waals surface area contributed by atoms with Gasteiger partial charge in [0, 0.05) is 13.1 Å². The lowest BCUT2D eigenvalue weighted by molar-refractivity contribution is -0.133. The molecule has 1 radical (unpaired) electrons. The minimum absolute atomic E-state index is 0.265. The third-order valence-corrected chi connectivity index (χ3v) is 1.43. The Bertz CT molecular complexity index is 163. The monoisotopic (exact) mass is 141 g/mol. The van der Waals surface area contributed by atoms with Gasteiger partial charge in [-0.15, -0.1) is 0 Å². The van der Waals surface area contributed by atoms with Crippen molar-refractivity contribution in [2.45, 2.75) is 6.42 Å². The van der Waals surface area contributed by atoms with Gasteiger partial charge < -0.3 is 10.6 Å². The van der Waals surface area contributed by atoms with Gasteiger partial charge in [0.2, 0.25) is 11.8 Å². The fourth-order valence-electron chi connectivity index (χ4n) is 0.750. The van der Waals surface area contributed by atoms with Gasteiger partial charge in [0.05, 0.1) is 0 Å². The van der Waals surface area contributed by atoms with Crippen LogP contribution in [-0.2, 0) is 9.59 Å². The van der Waals surface area contributed by atoms with Crippen LogP contribution in [0.3, 0.4) is 0 Å². The molecule has 1 fully saturated rings. The van der Waals surface area contributed by atoms with E-state index >= 15 is 0 Å². The predicted molar refractivity (Wildman–Crippen MR) is 34.7 cm³/mol. The molecular weight excluding hydrogens is 132 g/mol. The average molecular weight is 141 g/mol. The molecule has 1 aliphatic rings. The number of nitrogens with two attached hydrogens (primary N) is 1. The van der Waals surface area contributed by atoms with Crippen molar-refractivity contribution in [3.63, 3.8) is 0 Å². The van der Waals surface area contributed by atoms with Gasteiger partial charge in [-0.2, -0.15) is 0 Å². The first-order chi connectivity index (χ1) is 4.70. The molecule has 1 rings (SSSR count). The molecule has 4 heteroatoms. The van der Waals surface area contributed by atoms with Crippen molar-refractivity contribution in [1.82, 2.24) is 4.90 Å². The van der Waals surface area contributed by atoms with Crippen molar-refractivity contribution in [3.8, 4) is 0 Å². The first-order valence-electron chi connectivity index (χ1n) is 3.13. The summed E-state index contributed by atoms with van der Waals surface area (Å²) in [6, 6.07) is 0. The van der Waals surface area contributed by atoms with Crippen molar-refractivity contribution < 1.29 is 9.59 Å². The fourth-order valence-corrected chi connectivity index (χ4v) is 0.750. The summed E-state index contributed by atoms with van der Waals surface area (Å²) in [6.07, 6.45) is 1.94. The SMILES string of the molecule is NC(=O)[CH]C(=O)N1CCC1. The largest absolute Gasteiger partial charge is 0.369 e. The summed E-state index contributed by atoms with van der Waals surface area (Å²) in [7, 11) is 0. The van der Waals surface area contributed by atoms with E-state index in [0.29, 0.717) is 0 Å². The number of hydrogen-bond donors (Lipinski definition) is 1. The number of amides is 2. The Kier molecular flexibility index (Phi) is 1.89. The van der Waals surface area contributed by atoms with Crippen LogP contribution >= 0.6 is 0 Å². The van der Waals surface area contributed by atoms with E-state index in [1.54, 1.807) is 4.90 Å². The molecule has 4 nitrogen and oxygen atoms in total. The lowest BCUT2D eigenvalue weighted by atomic mass is 10.2. The zero-order valence-corrected chi connectivity index (χ0v) is 5.54. The molecule has 0 unspecified atom stereocenters. The summed E-state index contributed by atoms with van der Waals surface area (Å²) in [5.41, 5.74) is 4.77. The molecule has 0 aromatic carbocycles. The standard InChI is InChI=1S/C6H9N2O2/c7-5(9)4-6(10)8-2-1-3-8/h4H,1-3H2,(H2,7,9). The maximum atomic E-state index is 10.8. The van der Waals surface area contributed by atoms with E-state index in [1.165, 1.54) is 0 Å². The fraction of sp³-hybridized carbons (Fsp3) is 0.500. The highest BCUT2D eigenvalue weighted by Crippen LogP contribution is 2.06. The first-order valence-corrected chi connectivity index (χ1v) is 3.13. The summed E-state index contributed by atoms with van der Waals surface area (Å²) in [5.74, 6) is -0.935. The molecule has 0 aromatic rings. The summed E-state index contributed by atoms with van der Waals surface area (Å²) < 4.78 is 0. The second-order valence-corrected chi connectivity index (χ2v) is 2.23. The topological polar surface area (TPSA) is 63.4 Å². The molecule has 1 aliphatic heterocycles. The quantitative estimate of drug-likeness (QED) is 0.496. The Morgan fingerprint density at radius 1 is 1.40 bits per heavy atom. The summed E-state index contributed by atoms with van der Waals surface area (Å²) in [5, 5.41) is 0. The predicted octanol–water partition coefficient (Wildman–Crippen LogP) is -1.09. The summed E-state index contributed by atoms with van der Waals surface area (Å²) in [4.78, 5) is 22.6. The summed E-state index contributed by atoms with van der Waals surface area (Å²) in [6.45, 7) is 1.51. The van der Waals surface area contributed by atoms with Crippen LogP contribution in [-0.4, -0.2) is 29.8 Å². The highest BCUT2D eigenvalue weighted by molar-refractivity contribution is 6.07. The van der Waals surface area contributed by atoms with Crippen molar-refractivity contribution >= 4 is 11.8 Å². The van der Waals surface area contributed by atoms with E-state index in [4.69, 9.17) is 5.73 Å². The van der Waals surface area contributed by atoms with Gasteiger partial charge in [0.15, 0.2) is 0 Å². The lowest BCUT2D eigenvalue weighted by Gasteiger charge is -2.30. The molecule has 2 amide bonds. The number of likely N-dealkylation sites (tertiary alicyclic amines) is 1. The Morgan fingerprint density at radius 3 is 2.30 bits per heavy atom. The number of nitrogens with zero attached hydrogens (tertiary/aromatic N) is 1. The molecule has 55 valence electrons. The lowest BCUT2D eigenvalue weighted by Crippen LogP contribution is -2.43. The van der Waals surface area contributed by atoms with Gasteiger partial charge in [-0.25, -0.2) is 0 Å². The molecule has 0 bridgehead atoms. The van der Waals surface area contributed by atoms with E-state index in [1.807, 2.05) is 0 Å². The molecule has 1 saturated heterocycles. The number of carbonyl (C=O) groups excluding carboxylic acids is 2. The number of rotatable bonds is 2. The van der Waals surface area contributed by atoms with Gasteiger partial charge in [0.25, 0.3) is 0 Å². The van der Waals surface area contributed by atoms with E-state index < -0.39 is 5.91 Å². The second kappa shape index (κ2) is 2.68. The molecule has 2 N–H and O–H groups in total. The van der Waals surface area contributed by atoms with Crippen LogP contribution in [0, 0.1) is 6.42 Å². The van der Waals surface area contributed by atoms with Crippen molar-refractivity contribution in [2.24, 2.45) is 5.73 Å². The Morgan fingerprint density at radius 2 is 2.00 bits per heavy atom. The van der Waals surface area contributed by atoms with Crippen LogP contribution in [0.25, 0.3) is 0 Å². The highest BCUT2D eigenvalue weighted by atomic mass is 16.2. The molecule has 0 atom stereocenters. The van der Waals surface area contributed by atoms with Crippen molar-refractivity contribution in [2.75, 3.05) is 13.1 Å². The summed E-state index contributed by atoms with van der Waals surface area (Å²) >= 11 is 0. The van der Waals surface area contributed by atoms with E-state index in [9.17, 15) is 9.59 Å².